The van der Waals surface area contributed by atoms with Crippen molar-refractivity contribution in [2.24, 2.45) is 0 Å². The molecule has 0 bridgehead atoms. The summed E-state index contributed by atoms with van der Waals surface area (Å²) in [4.78, 5) is 15.3. The Hall–Kier alpha value is -1.96. The van der Waals surface area contributed by atoms with Gasteiger partial charge in [-0.2, -0.15) is 0 Å². The quantitative estimate of drug-likeness (QED) is 0.191. The maximum atomic E-state index is 6.15. The first-order valence-corrected chi connectivity index (χ1v) is 12.3. The van der Waals surface area contributed by atoms with E-state index in [4.69, 9.17) is 19.1 Å². The van der Waals surface area contributed by atoms with Gasteiger partial charge in [0.25, 0.3) is 0 Å². The van der Waals surface area contributed by atoms with Crippen LogP contribution >= 0.6 is 23.1 Å². The zero-order chi connectivity index (χ0) is 20.7. The summed E-state index contributed by atoms with van der Waals surface area (Å²) >= 11 is 3.53. The van der Waals surface area contributed by atoms with Gasteiger partial charge < -0.3 is 9.15 Å². The van der Waals surface area contributed by atoms with Crippen LogP contribution in [-0.2, 0) is 17.8 Å². The molecule has 0 amide bonds. The van der Waals surface area contributed by atoms with Gasteiger partial charge in [0, 0.05) is 17.4 Å². The average molecular weight is 440 g/mol. The highest BCUT2D eigenvalue weighted by Crippen LogP contribution is 2.44. The first kappa shape index (κ1) is 20.0. The molecule has 0 aromatic carbocycles. The fraction of sp³-hybridized carbons (Fsp3) is 0.435. The van der Waals surface area contributed by atoms with Gasteiger partial charge in [-0.25, -0.2) is 15.0 Å². The van der Waals surface area contributed by atoms with Crippen molar-refractivity contribution in [3.05, 3.63) is 35.9 Å². The van der Waals surface area contributed by atoms with Crippen LogP contribution in [0, 0.1) is 0 Å². The number of aromatic nitrogens is 3. The van der Waals surface area contributed by atoms with Gasteiger partial charge in [-0.05, 0) is 43.7 Å². The Morgan fingerprint density at radius 3 is 2.90 bits per heavy atom. The number of hydrogen-bond acceptors (Lipinski definition) is 7. The van der Waals surface area contributed by atoms with E-state index in [1.165, 1.54) is 24.8 Å². The second kappa shape index (κ2) is 7.94. The number of pyridine rings is 1. The maximum Gasteiger partial charge on any atom is 0.152 e. The highest BCUT2D eigenvalue weighted by Gasteiger charge is 2.32. The molecule has 0 aliphatic carbocycles. The first-order chi connectivity index (χ1) is 14.6. The number of thioether (sulfide) groups is 1. The molecule has 1 aliphatic rings. The smallest absolute Gasteiger partial charge is 0.152 e. The normalized spacial score (nSPS) is 15.7. The van der Waals surface area contributed by atoms with Crippen LogP contribution in [0.5, 0.6) is 0 Å². The molecule has 7 heteroatoms. The Kier molecular flexibility index (Phi) is 5.29. The third kappa shape index (κ3) is 3.53. The van der Waals surface area contributed by atoms with E-state index in [1.54, 1.807) is 23.9 Å². The number of furan rings is 1. The van der Waals surface area contributed by atoms with E-state index >= 15 is 0 Å². The monoisotopic (exact) mass is 439 g/mol. The highest BCUT2D eigenvalue weighted by atomic mass is 32.2. The third-order valence-electron chi connectivity index (χ3n) is 5.54. The van der Waals surface area contributed by atoms with Crippen molar-refractivity contribution < 1.29 is 9.15 Å². The number of nitrogens with zero attached hydrogens (tertiary/aromatic N) is 3. The van der Waals surface area contributed by atoms with Crippen LogP contribution in [0.2, 0.25) is 0 Å². The molecular weight excluding hydrogens is 414 g/mol. The lowest BCUT2D eigenvalue weighted by Gasteiger charge is -2.32. The largest absolute Gasteiger partial charge is 0.463 e. The van der Waals surface area contributed by atoms with E-state index in [-0.39, 0.29) is 5.60 Å². The Morgan fingerprint density at radius 2 is 2.10 bits per heavy atom. The molecule has 4 aromatic rings. The molecule has 0 radical (unpaired) electrons. The van der Waals surface area contributed by atoms with Crippen molar-refractivity contribution in [2.75, 3.05) is 5.75 Å². The highest BCUT2D eigenvalue weighted by molar-refractivity contribution is 7.99. The zero-order valence-corrected chi connectivity index (χ0v) is 19.2. The van der Waals surface area contributed by atoms with E-state index in [1.807, 2.05) is 23.9 Å². The summed E-state index contributed by atoms with van der Waals surface area (Å²) in [6.45, 7) is 7.05. The molecule has 156 valence electrons. The molecule has 0 spiro atoms. The van der Waals surface area contributed by atoms with Crippen LogP contribution in [0.25, 0.3) is 31.9 Å². The predicted octanol–water partition coefficient (Wildman–Crippen LogP) is 6.63. The van der Waals surface area contributed by atoms with Gasteiger partial charge in [0.15, 0.2) is 5.76 Å². The number of unbranched alkanes of at least 4 members (excludes halogenated alkanes) is 2. The van der Waals surface area contributed by atoms with Gasteiger partial charge in [0.2, 0.25) is 0 Å². The van der Waals surface area contributed by atoms with Gasteiger partial charge in [0.05, 0.1) is 28.7 Å². The van der Waals surface area contributed by atoms with E-state index in [9.17, 15) is 0 Å². The lowest BCUT2D eigenvalue weighted by Crippen LogP contribution is -2.32. The molecule has 0 saturated heterocycles. The summed E-state index contributed by atoms with van der Waals surface area (Å²) < 4.78 is 13.0. The summed E-state index contributed by atoms with van der Waals surface area (Å²) in [5.74, 6) is 1.87. The molecular formula is C23H25N3O2S2. The van der Waals surface area contributed by atoms with Crippen molar-refractivity contribution >= 4 is 43.5 Å². The number of thiophene rings is 1. The molecule has 5 nitrogen and oxygen atoms in total. The minimum absolute atomic E-state index is 0.221. The molecule has 5 heterocycles. The summed E-state index contributed by atoms with van der Waals surface area (Å²) in [5.41, 5.74) is 4.09. The third-order valence-corrected chi connectivity index (χ3v) is 7.82. The molecule has 30 heavy (non-hydrogen) atoms. The Morgan fingerprint density at radius 1 is 1.20 bits per heavy atom. The van der Waals surface area contributed by atoms with Crippen LogP contribution in [-0.4, -0.2) is 26.3 Å². The summed E-state index contributed by atoms with van der Waals surface area (Å²) in [6, 6.07) is 3.87. The molecule has 0 fully saturated rings. The fourth-order valence-corrected chi connectivity index (χ4v) is 6.26. The molecule has 1 aliphatic heterocycles. The molecule has 0 saturated carbocycles. The van der Waals surface area contributed by atoms with Crippen LogP contribution in [0.4, 0.5) is 0 Å². The Bertz CT molecular complexity index is 1200. The van der Waals surface area contributed by atoms with Gasteiger partial charge in [-0.1, -0.05) is 19.8 Å². The molecule has 0 unspecified atom stereocenters. The minimum atomic E-state index is -0.221. The average Bonchev–Trinajstić information content (AvgIpc) is 3.38. The Labute approximate surface area is 184 Å². The minimum Gasteiger partial charge on any atom is -0.463 e. The van der Waals surface area contributed by atoms with Crippen molar-refractivity contribution in [1.82, 2.24) is 15.0 Å². The molecule has 0 atom stereocenters. The van der Waals surface area contributed by atoms with Crippen LogP contribution < -0.4 is 0 Å². The Balaban J connectivity index is 1.71. The van der Waals surface area contributed by atoms with Crippen LogP contribution in [0.1, 0.15) is 51.2 Å². The van der Waals surface area contributed by atoms with Crippen molar-refractivity contribution in [1.29, 1.82) is 0 Å². The number of hydrogen-bond donors (Lipinski definition) is 0. The number of ether oxygens (including phenoxy) is 1. The summed E-state index contributed by atoms with van der Waals surface area (Å²) in [6.07, 6.45) is 7.91. The second-order valence-corrected chi connectivity index (χ2v) is 10.4. The standard InChI is InChI=1S/C23H25N3O2S2/c1-4-5-6-10-29-22-20-19(24-13-25-22)17-14-11-23(2,3)28-12-15(14)18(26-21(17)30-20)16-8-7-9-27-16/h7-9,13H,4-6,10-12H2,1-3H3. The molecule has 5 rings (SSSR count). The SMILES string of the molecule is CCCCCSc1ncnc2c1sc1nc(-c3ccco3)c3c(c12)CC(C)(C)OC3. The maximum absolute atomic E-state index is 6.15. The van der Waals surface area contributed by atoms with Crippen LogP contribution in [0.15, 0.2) is 34.2 Å². The van der Waals surface area contributed by atoms with E-state index < -0.39 is 0 Å². The second-order valence-electron chi connectivity index (χ2n) is 8.31. The first-order valence-electron chi connectivity index (χ1n) is 10.5. The van der Waals surface area contributed by atoms with Gasteiger partial charge in [-0.3, -0.25) is 0 Å². The van der Waals surface area contributed by atoms with E-state index in [0.717, 1.165) is 54.7 Å². The van der Waals surface area contributed by atoms with E-state index in [2.05, 4.69) is 25.8 Å². The lowest BCUT2D eigenvalue weighted by atomic mass is 9.89. The van der Waals surface area contributed by atoms with Gasteiger partial charge in [0.1, 0.15) is 21.9 Å². The van der Waals surface area contributed by atoms with Crippen molar-refractivity contribution in [3.8, 4) is 11.5 Å². The van der Waals surface area contributed by atoms with E-state index in [0.29, 0.717) is 6.61 Å². The van der Waals surface area contributed by atoms with Gasteiger partial charge >= 0.3 is 0 Å². The fourth-order valence-electron chi connectivity index (χ4n) is 4.03. The number of fused-ring (bicyclic) bond motifs is 5. The summed E-state index contributed by atoms with van der Waals surface area (Å²) in [5, 5.41) is 2.23. The van der Waals surface area contributed by atoms with Crippen LogP contribution in [0.3, 0.4) is 0 Å². The summed E-state index contributed by atoms with van der Waals surface area (Å²) in [7, 11) is 0. The number of rotatable bonds is 6. The molecule has 0 N–H and O–H groups in total. The van der Waals surface area contributed by atoms with Crippen molar-refractivity contribution in [2.45, 2.75) is 63.7 Å². The molecule has 4 aromatic heterocycles. The van der Waals surface area contributed by atoms with Gasteiger partial charge in [-0.15, -0.1) is 23.1 Å². The van der Waals surface area contributed by atoms with Crippen molar-refractivity contribution in [3.63, 3.8) is 0 Å². The topological polar surface area (TPSA) is 61.0 Å². The predicted molar refractivity (Wildman–Crippen MR) is 123 cm³/mol. The lowest BCUT2D eigenvalue weighted by molar-refractivity contribution is -0.0395. The zero-order valence-electron chi connectivity index (χ0n) is 17.5.